The summed E-state index contributed by atoms with van der Waals surface area (Å²) in [7, 11) is 0. The maximum atomic E-state index is 11.7. The summed E-state index contributed by atoms with van der Waals surface area (Å²) in [6.45, 7) is 5.44. The molecule has 21 heavy (non-hydrogen) atoms. The van der Waals surface area contributed by atoms with E-state index in [0.29, 0.717) is 0 Å². The molecule has 2 aromatic carbocycles. The van der Waals surface area contributed by atoms with Crippen LogP contribution in [-0.4, -0.2) is 12.1 Å². The van der Waals surface area contributed by atoms with Crippen molar-refractivity contribution < 1.29 is 9.59 Å². The van der Waals surface area contributed by atoms with E-state index in [1.54, 1.807) is 6.08 Å². The lowest BCUT2D eigenvalue weighted by Gasteiger charge is -1.94. The van der Waals surface area contributed by atoms with Gasteiger partial charge in [-0.1, -0.05) is 80.6 Å². The Morgan fingerprint density at radius 2 is 1.29 bits per heavy atom. The molecule has 0 saturated heterocycles. The molecule has 0 N–H and O–H groups in total. The first kappa shape index (κ1) is 18.5. The summed E-state index contributed by atoms with van der Waals surface area (Å²) in [6, 6.07) is 19.1. The monoisotopic (exact) mass is 282 g/mol. The van der Waals surface area contributed by atoms with Crippen molar-refractivity contribution in [2.24, 2.45) is 0 Å². The van der Waals surface area contributed by atoms with E-state index in [-0.39, 0.29) is 5.78 Å². The summed E-state index contributed by atoms with van der Waals surface area (Å²) in [5.74, 6) is 0.0319. The minimum Gasteiger partial charge on any atom is -0.304 e. The number of hydrogen-bond donors (Lipinski definition) is 0. The third kappa shape index (κ3) is 8.32. The van der Waals surface area contributed by atoms with Crippen LogP contribution in [0.2, 0.25) is 0 Å². The van der Waals surface area contributed by atoms with Gasteiger partial charge in [-0.05, 0) is 18.6 Å². The molecule has 0 aliphatic heterocycles. The van der Waals surface area contributed by atoms with Crippen molar-refractivity contribution in [3.63, 3.8) is 0 Å². The standard InChI is InChI=1S/C15H12O.C2H4O.C2H6/c16-15(14-9-5-2-6-10-14)12-11-13-7-3-1-4-8-13;1-2-3;1-2/h1-12H;2H,1H3;1-2H3. The largest absolute Gasteiger partial charge is 0.304 e. The second-order valence-corrected chi connectivity index (χ2v) is 3.71. The van der Waals surface area contributed by atoms with E-state index in [1.807, 2.05) is 80.6 Å². The minimum atomic E-state index is 0.0319. The van der Waals surface area contributed by atoms with Crippen LogP contribution in [-0.2, 0) is 4.79 Å². The lowest BCUT2D eigenvalue weighted by atomic mass is 10.1. The van der Waals surface area contributed by atoms with Crippen molar-refractivity contribution >= 4 is 18.1 Å². The molecule has 0 aliphatic carbocycles. The molecule has 2 rings (SSSR count). The second-order valence-electron chi connectivity index (χ2n) is 3.71. The van der Waals surface area contributed by atoms with Crippen LogP contribution in [0.5, 0.6) is 0 Å². The zero-order valence-corrected chi connectivity index (χ0v) is 12.8. The van der Waals surface area contributed by atoms with Crippen LogP contribution in [0.4, 0.5) is 0 Å². The molecule has 0 saturated carbocycles. The van der Waals surface area contributed by atoms with E-state index in [4.69, 9.17) is 4.79 Å². The van der Waals surface area contributed by atoms with Crippen molar-refractivity contribution in [3.8, 4) is 0 Å². The highest BCUT2D eigenvalue weighted by atomic mass is 16.1. The molecule has 0 atom stereocenters. The van der Waals surface area contributed by atoms with Crippen LogP contribution < -0.4 is 0 Å². The number of benzene rings is 2. The van der Waals surface area contributed by atoms with E-state index in [9.17, 15) is 4.79 Å². The molecular weight excluding hydrogens is 260 g/mol. The van der Waals surface area contributed by atoms with Crippen LogP contribution in [0, 0.1) is 0 Å². The molecule has 2 aromatic rings. The lowest BCUT2D eigenvalue weighted by molar-refractivity contribution is -0.106. The molecule has 2 nitrogen and oxygen atoms in total. The molecule has 0 unspecified atom stereocenters. The number of ketones is 1. The predicted octanol–water partition coefficient (Wildman–Crippen LogP) is 4.81. The average molecular weight is 282 g/mol. The fourth-order valence-corrected chi connectivity index (χ4v) is 1.43. The van der Waals surface area contributed by atoms with Gasteiger partial charge in [0.15, 0.2) is 5.78 Å². The third-order valence-corrected chi connectivity index (χ3v) is 2.29. The maximum absolute atomic E-state index is 11.7. The number of aldehydes is 1. The van der Waals surface area contributed by atoms with Gasteiger partial charge in [-0.25, -0.2) is 0 Å². The summed E-state index contributed by atoms with van der Waals surface area (Å²) < 4.78 is 0. The van der Waals surface area contributed by atoms with Crippen LogP contribution in [0.3, 0.4) is 0 Å². The van der Waals surface area contributed by atoms with Gasteiger partial charge in [0.05, 0.1) is 0 Å². The molecule has 0 fully saturated rings. The summed E-state index contributed by atoms with van der Waals surface area (Å²) in [5.41, 5.74) is 1.75. The van der Waals surface area contributed by atoms with E-state index in [0.717, 1.165) is 17.4 Å². The maximum Gasteiger partial charge on any atom is 0.185 e. The molecule has 0 aliphatic rings. The molecule has 0 heterocycles. The molecule has 0 spiro atoms. The SMILES string of the molecule is CC.CC=O.O=C(C=Cc1ccccc1)c1ccccc1. The normalized spacial score (nSPS) is 8.90. The van der Waals surface area contributed by atoms with Crippen LogP contribution in [0.1, 0.15) is 36.7 Å². The van der Waals surface area contributed by atoms with Crippen molar-refractivity contribution in [1.82, 2.24) is 0 Å². The van der Waals surface area contributed by atoms with Gasteiger partial charge in [0.1, 0.15) is 6.29 Å². The molecule has 110 valence electrons. The minimum absolute atomic E-state index is 0.0319. The Morgan fingerprint density at radius 3 is 1.76 bits per heavy atom. The molecule has 0 amide bonds. The van der Waals surface area contributed by atoms with Gasteiger partial charge >= 0.3 is 0 Å². The molecule has 0 aromatic heterocycles. The number of carbonyl (C=O) groups excluding carboxylic acids is 2. The number of rotatable bonds is 3. The Hall–Kier alpha value is -2.48. The Balaban J connectivity index is 0.000000713. The van der Waals surface area contributed by atoms with Crippen molar-refractivity contribution in [2.75, 3.05) is 0 Å². The highest BCUT2D eigenvalue weighted by Gasteiger charge is 1.98. The quantitative estimate of drug-likeness (QED) is 0.460. The second kappa shape index (κ2) is 12.5. The third-order valence-electron chi connectivity index (χ3n) is 2.29. The van der Waals surface area contributed by atoms with Crippen molar-refractivity contribution in [2.45, 2.75) is 20.8 Å². The zero-order valence-electron chi connectivity index (χ0n) is 12.8. The van der Waals surface area contributed by atoms with E-state index in [1.165, 1.54) is 6.92 Å². The Bertz CT molecular complexity index is 528. The molecule has 0 bridgehead atoms. The summed E-state index contributed by atoms with van der Waals surface area (Å²) in [4.78, 5) is 20.5. The first-order valence-electron chi connectivity index (χ1n) is 7.00. The first-order chi connectivity index (χ1) is 10.3. The average Bonchev–Trinajstić information content (AvgIpc) is 2.57. The van der Waals surface area contributed by atoms with Gasteiger partial charge < -0.3 is 4.79 Å². The highest BCUT2D eigenvalue weighted by molar-refractivity contribution is 6.06. The number of carbonyl (C=O) groups is 2. The predicted molar refractivity (Wildman–Crippen MR) is 89.3 cm³/mol. The van der Waals surface area contributed by atoms with Gasteiger partial charge in [0.2, 0.25) is 0 Å². The fourth-order valence-electron chi connectivity index (χ4n) is 1.43. The molecule has 2 heteroatoms. The summed E-state index contributed by atoms with van der Waals surface area (Å²) in [5, 5.41) is 0. The van der Waals surface area contributed by atoms with Crippen LogP contribution in [0.15, 0.2) is 66.7 Å². The van der Waals surface area contributed by atoms with Gasteiger partial charge in [-0.3, -0.25) is 4.79 Å². The van der Waals surface area contributed by atoms with Gasteiger partial charge in [-0.15, -0.1) is 0 Å². The van der Waals surface area contributed by atoms with Gasteiger partial charge in [0, 0.05) is 5.56 Å². The molecule has 0 radical (unpaired) electrons. The number of hydrogen-bond acceptors (Lipinski definition) is 2. The number of allylic oxidation sites excluding steroid dienone is 1. The Morgan fingerprint density at radius 1 is 0.857 bits per heavy atom. The van der Waals surface area contributed by atoms with E-state index < -0.39 is 0 Å². The summed E-state index contributed by atoms with van der Waals surface area (Å²) in [6.07, 6.45) is 4.18. The smallest absolute Gasteiger partial charge is 0.185 e. The molecular formula is C19H22O2. The lowest BCUT2D eigenvalue weighted by Crippen LogP contribution is -1.92. The van der Waals surface area contributed by atoms with Gasteiger partial charge in [0.25, 0.3) is 0 Å². The topological polar surface area (TPSA) is 34.1 Å². The van der Waals surface area contributed by atoms with Gasteiger partial charge in [-0.2, -0.15) is 0 Å². The van der Waals surface area contributed by atoms with Crippen LogP contribution in [0.25, 0.3) is 6.08 Å². The van der Waals surface area contributed by atoms with Crippen molar-refractivity contribution in [3.05, 3.63) is 77.9 Å². The van der Waals surface area contributed by atoms with Crippen LogP contribution >= 0.6 is 0 Å². The highest BCUT2D eigenvalue weighted by Crippen LogP contribution is 2.05. The van der Waals surface area contributed by atoms with E-state index >= 15 is 0 Å². The Labute approximate surface area is 127 Å². The van der Waals surface area contributed by atoms with Crippen molar-refractivity contribution in [1.29, 1.82) is 0 Å². The fraction of sp³-hybridized carbons (Fsp3) is 0.158. The summed E-state index contributed by atoms with van der Waals surface area (Å²) >= 11 is 0. The first-order valence-corrected chi connectivity index (χ1v) is 7.00. The Kier molecular flexibility index (Phi) is 11.1. The van der Waals surface area contributed by atoms with E-state index in [2.05, 4.69) is 0 Å². The zero-order chi connectivity index (χ0) is 15.9.